The van der Waals surface area contributed by atoms with E-state index >= 15 is 0 Å². The van der Waals surface area contributed by atoms with Crippen molar-refractivity contribution in [2.24, 2.45) is 17.3 Å². The van der Waals surface area contributed by atoms with Crippen LogP contribution in [0.5, 0.6) is 5.75 Å². The molecule has 0 saturated carbocycles. The number of piperazine rings is 1. The molecule has 4 nitrogen and oxygen atoms in total. The van der Waals surface area contributed by atoms with Crippen LogP contribution in [0.15, 0.2) is 18.2 Å². The van der Waals surface area contributed by atoms with Crippen LogP contribution in [0, 0.1) is 17.3 Å². The van der Waals surface area contributed by atoms with E-state index in [0.29, 0.717) is 5.41 Å². The first-order chi connectivity index (χ1) is 15.2. The van der Waals surface area contributed by atoms with Crippen molar-refractivity contribution in [2.75, 3.05) is 62.7 Å². The summed E-state index contributed by atoms with van der Waals surface area (Å²) in [6, 6.07) is 4.78. The maximum atomic E-state index is 6.12. The second kappa shape index (κ2) is 10.9. The van der Waals surface area contributed by atoms with E-state index in [0.717, 1.165) is 56.9 Å². The normalized spacial score (nSPS) is 21.9. The maximum Gasteiger partial charge on any atom is 0.144 e. The number of likely N-dealkylation sites (N-methyl/N-ethyl adjacent to an activating group) is 1. The molecule has 2 heterocycles. The molecule has 4 rings (SSSR count). The number of fused-ring (bicyclic) bond motifs is 1. The highest BCUT2D eigenvalue weighted by molar-refractivity contribution is 5.85. The third-order valence-corrected chi connectivity index (χ3v) is 7.89. The van der Waals surface area contributed by atoms with Gasteiger partial charge in [0.05, 0.1) is 12.2 Å². The lowest BCUT2D eigenvalue weighted by Gasteiger charge is -2.39. The van der Waals surface area contributed by atoms with Crippen molar-refractivity contribution < 1.29 is 4.74 Å². The molecule has 1 aliphatic carbocycles. The van der Waals surface area contributed by atoms with E-state index < -0.39 is 0 Å². The Morgan fingerprint density at radius 1 is 1.03 bits per heavy atom. The molecule has 2 aliphatic heterocycles. The Morgan fingerprint density at radius 2 is 1.76 bits per heavy atom. The summed E-state index contributed by atoms with van der Waals surface area (Å²) in [4.78, 5) is 7.63. The molecular weight excluding hydrogens is 430 g/mol. The Kier molecular flexibility index (Phi) is 8.66. The molecular formula is C28H46ClN3O. The lowest BCUT2D eigenvalue weighted by molar-refractivity contribution is 0.225. The van der Waals surface area contributed by atoms with Crippen LogP contribution in [0.4, 0.5) is 11.4 Å². The van der Waals surface area contributed by atoms with Gasteiger partial charge in [-0.1, -0.05) is 40.7 Å². The Balaban J connectivity index is 0.00000306. The Labute approximate surface area is 208 Å². The van der Waals surface area contributed by atoms with E-state index in [-0.39, 0.29) is 12.4 Å². The Bertz CT molecular complexity index is 821. The molecule has 1 atom stereocenters. The summed E-state index contributed by atoms with van der Waals surface area (Å²) in [6.07, 6.45) is 7.53. The van der Waals surface area contributed by atoms with Crippen LogP contribution in [0.1, 0.15) is 65.9 Å². The average molecular weight is 476 g/mol. The van der Waals surface area contributed by atoms with Gasteiger partial charge in [0.15, 0.2) is 0 Å². The number of nitrogens with zero attached hydrogens (tertiary/aromatic N) is 3. The molecule has 33 heavy (non-hydrogen) atoms. The number of hydrogen-bond acceptors (Lipinski definition) is 4. The first-order valence-electron chi connectivity index (χ1n) is 12.9. The van der Waals surface area contributed by atoms with Gasteiger partial charge in [-0.3, -0.25) is 4.90 Å². The number of anilines is 2. The second-order valence-electron chi connectivity index (χ2n) is 11.7. The van der Waals surface area contributed by atoms with E-state index in [4.69, 9.17) is 4.74 Å². The van der Waals surface area contributed by atoms with Gasteiger partial charge < -0.3 is 14.5 Å². The van der Waals surface area contributed by atoms with E-state index in [1.165, 1.54) is 49.2 Å². The van der Waals surface area contributed by atoms with Gasteiger partial charge in [0.2, 0.25) is 0 Å². The van der Waals surface area contributed by atoms with E-state index in [1.807, 2.05) is 0 Å². The fourth-order valence-electron chi connectivity index (χ4n) is 5.42. The highest BCUT2D eigenvalue weighted by Gasteiger charge is 2.29. The molecule has 1 aromatic rings. The Morgan fingerprint density at radius 3 is 2.36 bits per heavy atom. The molecule has 5 heteroatoms. The molecule has 1 unspecified atom stereocenters. The van der Waals surface area contributed by atoms with Gasteiger partial charge in [-0.2, -0.15) is 0 Å². The molecule has 1 fully saturated rings. The van der Waals surface area contributed by atoms with Crippen LogP contribution in [0.2, 0.25) is 0 Å². The summed E-state index contributed by atoms with van der Waals surface area (Å²) in [7, 11) is 2.20. The van der Waals surface area contributed by atoms with Crippen LogP contribution in [-0.4, -0.2) is 57.8 Å². The minimum absolute atomic E-state index is 0. The average Bonchev–Trinajstić information content (AvgIpc) is 2.77. The number of allylic oxidation sites excluding steroid dienone is 2. The number of rotatable bonds is 5. The molecule has 1 aromatic carbocycles. The smallest absolute Gasteiger partial charge is 0.144 e. The monoisotopic (exact) mass is 475 g/mol. The number of hydrogen-bond donors (Lipinski definition) is 0. The highest BCUT2D eigenvalue weighted by Crippen LogP contribution is 2.45. The van der Waals surface area contributed by atoms with Gasteiger partial charge in [0.1, 0.15) is 12.4 Å². The molecule has 0 amide bonds. The lowest BCUT2D eigenvalue weighted by Crippen LogP contribution is -2.47. The fraction of sp³-hybridized carbons (Fsp3) is 0.714. The minimum Gasteiger partial charge on any atom is -0.489 e. The van der Waals surface area contributed by atoms with Crippen molar-refractivity contribution in [3.63, 3.8) is 0 Å². The van der Waals surface area contributed by atoms with Crippen molar-refractivity contribution >= 4 is 29.4 Å². The lowest BCUT2D eigenvalue weighted by atomic mass is 9.72. The molecule has 0 N–H and O–H groups in total. The van der Waals surface area contributed by atoms with Crippen molar-refractivity contribution in [2.45, 2.75) is 60.3 Å². The zero-order valence-corrected chi connectivity index (χ0v) is 22.6. The predicted octanol–water partition coefficient (Wildman–Crippen LogP) is 6.33. The summed E-state index contributed by atoms with van der Waals surface area (Å²) >= 11 is 0. The number of ether oxygens (including phenoxy) is 1. The van der Waals surface area contributed by atoms with E-state index in [1.54, 1.807) is 5.57 Å². The molecule has 186 valence electrons. The molecule has 0 spiro atoms. The standard InChI is InChI=1S/C28H45N3O.ClH/c1-21(2)11-12-30-13-15-31(16-14-30)25-20-27-26(29(6)17-18-32-27)19-24(25)22-7-9-23(10-8-22)28(3,4)5;/h7,19-21,23H,8-18H2,1-6H3;1H. The SMILES string of the molecule is CC(C)CCN1CCN(c2cc3c(cc2C2=CCC(C(C)(C)C)CC2)N(C)CCO3)CC1.Cl. The predicted molar refractivity (Wildman–Crippen MR) is 145 cm³/mol. The highest BCUT2D eigenvalue weighted by atomic mass is 35.5. The zero-order valence-electron chi connectivity index (χ0n) is 21.8. The van der Waals surface area contributed by atoms with Gasteiger partial charge in [-0.15, -0.1) is 12.4 Å². The summed E-state index contributed by atoms with van der Waals surface area (Å²) < 4.78 is 6.12. The summed E-state index contributed by atoms with van der Waals surface area (Å²) in [6.45, 7) is 19.4. The molecule has 0 aromatic heterocycles. The second-order valence-corrected chi connectivity index (χ2v) is 11.7. The number of halogens is 1. The first-order valence-corrected chi connectivity index (χ1v) is 12.9. The third kappa shape index (κ3) is 6.19. The van der Waals surface area contributed by atoms with Crippen molar-refractivity contribution in [3.8, 4) is 5.75 Å². The van der Waals surface area contributed by atoms with Crippen LogP contribution < -0.4 is 14.5 Å². The molecule has 1 saturated heterocycles. The first kappa shape index (κ1) is 26.2. The van der Waals surface area contributed by atoms with Gasteiger partial charge >= 0.3 is 0 Å². The summed E-state index contributed by atoms with van der Waals surface area (Å²) in [5, 5.41) is 0. The van der Waals surface area contributed by atoms with Crippen molar-refractivity contribution in [3.05, 3.63) is 23.8 Å². The van der Waals surface area contributed by atoms with Gasteiger partial charge in [0.25, 0.3) is 0 Å². The van der Waals surface area contributed by atoms with Crippen LogP contribution in [0.3, 0.4) is 0 Å². The van der Waals surface area contributed by atoms with Crippen molar-refractivity contribution in [1.82, 2.24) is 4.90 Å². The summed E-state index contributed by atoms with van der Waals surface area (Å²) in [5.74, 6) is 2.62. The van der Waals surface area contributed by atoms with Gasteiger partial charge in [0, 0.05) is 50.5 Å². The van der Waals surface area contributed by atoms with Crippen LogP contribution in [0.25, 0.3) is 5.57 Å². The molecule has 0 radical (unpaired) electrons. The van der Waals surface area contributed by atoms with Gasteiger partial charge in [-0.05, 0) is 61.1 Å². The van der Waals surface area contributed by atoms with Crippen LogP contribution >= 0.6 is 12.4 Å². The quantitative estimate of drug-likeness (QED) is 0.494. The zero-order chi connectivity index (χ0) is 22.9. The maximum absolute atomic E-state index is 6.12. The largest absolute Gasteiger partial charge is 0.489 e. The Hall–Kier alpha value is -1.39. The topological polar surface area (TPSA) is 19.0 Å². The van der Waals surface area contributed by atoms with E-state index in [2.05, 4.69) is 74.6 Å². The fourth-order valence-corrected chi connectivity index (χ4v) is 5.42. The minimum atomic E-state index is 0. The molecule has 3 aliphatic rings. The van der Waals surface area contributed by atoms with Crippen molar-refractivity contribution in [1.29, 1.82) is 0 Å². The molecule has 0 bridgehead atoms. The summed E-state index contributed by atoms with van der Waals surface area (Å²) in [5.41, 5.74) is 6.03. The number of benzene rings is 1. The van der Waals surface area contributed by atoms with E-state index in [9.17, 15) is 0 Å². The van der Waals surface area contributed by atoms with Crippen LogP contribution in [-0.2, 0) is 0 Å². The van der Waals surface area contributed by atoms with Gasteiger partial charge in [-0.25, -0.2) is 0 Å². The third-order valence-electron chi connectivity index (χ3n) is 7.89.